The smallest absolute Gasteiger partial charge is 0.275 e. The molecule has 0 bridgehead atoms. The van der Waals surface area contributed by atoms with Crippen LogP contribution in [0.5, 0.6) is 0 Å². The molecule has 0 spiro atoms. The summed E-state index contributed by atoms with van der Waals surface area (Å²) in [5, 5.41) is 26.1. The van der Waals surface area contributed by atoms with E-state index in [-0.39, 0.29) is 12.5 Å². The number of carbonyl (C=O) groups is 1. The molecule has 1 aliphatic rings. The number of anilines is 3. The summed E-state index contributed by atoms with van der Waals surface area (Å²) >= 11 is 0. The zero-order valence-electron chi connectivity index (χ0n) is 12.6. The van der Waals surface area contributed by atoms with E-state index in [0.29, 0.717) is 17.5 Å². The second kappa shape index (κ2) is 5.33. The first-order chi connectivity index (χ1) is 10.9. The third kappa shape index (κ3) is 2.60. The summed E-state index contributed by atoms with van der Waals surface area (Å²) in [5.74, 6) is -0.0449. The standard InChI is InChI=1S/C14H15N7O2/c1-9-5-14(23,8-15)12(22)21(9)11-3-4-16-13(19-11)18-10-6-17-20(2)7-10/h3-4,6-7,9,23H,5H2,1-2H3,(H,16,18,19)/t9-,14+/m1/s1. The van der Waals surface area contributed by atoms with Gasteiger partial charge in [0, 0.05) is 31.9 Å². The molecule has 1 aliphatic heterocycles. The number of hydrogen-bond acceptors (Lipinski definition) is 7. The van der Waals surface area contributed by atoms with Gasteiger partial charge in [-0.15, -0.1) is 0 Å². The predicted molar refractivity (Wildman–Crippen MR) is 80.7 cm³/mol. The van der Waals surface area contributed by atoms with Crippen LogP contribution in [0.1, 0.15) is 13.3 Å². The van der Waals surface area contributed by atoms with Gasteiger partial charge < -0.3 is 10.4 Å². The van der Waals surface area contributed by atoms with Crippen molar-refractivity contribution in [1.29, 1.82) is 5.26 Å². The molecule has 1 amide bonds. The van der Waals surface area contributed by atoms with Crippen LogP contribution in [0.25, 0.3) is 0 Å². The average Bonchev–Trinajstić information content (AvgIpc) is 3.01. The molecule has 3 rings (SSSR count). The summed E-state index contributed by atoms with van der Waals surface area (Å²) in [6.07, 6.45) is 4.92. The topological polar surface area (TPSA) is 120 Å². The Morgan fingerprint density at radius 1 is 1.57 bits per heavy atom. The van der Waals surface area contributed by atoms with Crippen LogP contribution in [0, 0.1) is 11.3 Å². The minimum absolute atomic E-state index is 0.0394. The number of nitrogens with zero attached hydrogens (tertiary/aromatic N) is 6. The third-order valence-corrected chi connectivity index (χ3v) is 3.64. The summed E-state index contributed by atoms with van der Waals surface area (Å²) in [7, 11) is 1.79. The highest BCUT2D eigenvalue weighted by atomic mass is 16.3. The molecule has 0 unspecified atom stereocenters. The number of aryl methyl sites for hydroxylation is 1. The molecular weight excluding hydrogens is 298 g/mol. The lowest BCUT2D eigenvalue weighted by Gasteiger charge is -2.20. The van der Waals surface area contributed by atoms with Crippen LogP contribution in [0.4, 0.5) is 17.5 Å². The van der Waals surface area contributed by atoms with E-state index in [1.807, 2.05) is 0 Å². The van der Waals surface area contributed by atoms with Gasteiger partial charge in [-0.3, -0.25) is 14.4 Å². The van der Waals surface area contributed by atoms with Crippen LogP contribution in [0.15, 0.2) is 24.7 Å². The Morgan fingerprint density at radius 2 is 2.35 bits per heavy atom. The van der Waals surface area contributed by atoms with Gasteiger partial charge in [-0.05, 0) is 13.0 Å². The molecule has 118 valence electrons. The van der Waals surface area contributed by atoms with E-state index in [2.05, 4.69) is 20.4 Å². The molecule has 1 fully saturated rings. The number of nitrogens with one attached hydrogen (secondary N) is 1. The van der Waals surface area contributed by atoms with Crippen LogP contribution in [0.2, 0.25) is 0 Å². The number of rotatable bonds is 3. The Bertz CT molecular complexity index is 796. The highest BCUT2D eigenvalue weighted by molar-refractivity contribution is 6.03. The molecule has 2 aromatic rings. The van der Waals surface area contributed by atoms with E-state index in [0.717, 1.165) is 0 Å². The minimum Gasteiger partial charge on any atom is -0.368 e. The summed E-state index contributed by atoms with van der Waals surface area (Å²) in [6.45, 7) is 1.75. The molecular formula is C14H15N7O2. The lowest BCUT2D eigenvalue weighted by molar-refractivity contribution is -0.128. The second-order valence-corrected chi connectivity index (χ2v) is 5.47. The normalized spacial score (nSPS) is 23.8. The van der Waals surface area contributed by atoms with Gasteiger partial charge >= 0.3 is 0 Å². The lowest BCUT2D eigenvalue weighted by atomic mass is 10.0. The van der Waals surface area contributed by atoms with Crippen molar-refractivity contribution in [3.63, 3.8) is 0 Å². The highest BCUT2D eigenvalue weighted by Crippen LogP contribution is 2.32. The summed E-state index contributed by atoms with van der Waals surface area (Å²) in [6, 6.07) is 2.89. The Hall–Kier alpha value is -2.99. The molecule has 3 heterocycles. The zero-order valence-corrected chi connectivity index (χ0v) is 12.6. The lowest BCUT2D eigenvalue weighted by Crippen LogP contribution is -2.40. The van der Waals surface area contributed by atoms with Crippen molar-refractivity contribution < 1.29 is 9.90 Å². The SMILES string of the molecule is C[C@@H]1C[C@](O)(C#N)C(=O)N1c1ccnc(Nc2cnn(C)c2)n1. The molecule has 2 atom stereocenters. The number of carbonyl (C=O) groups excluding carboxylic acids is 1. The van der Waals surface area contributed by atoms with Gasteiger partial charge in [0.15, 0.2) is 0 Å². The number of nitriles is 1. The fourth-order valence-electron chi connectivity index (χ4n) is 2.59. The maximum absolute atomic E-state index is 12.3. The Kier molecular flexibility index (Phi) is 3.46. The van der Waals surface area contributed by atoms with Crippen LogP contribution in [0.3, 0.4) is 0 Å². The van der Waals surface area contributed by atoms with E-state index in [4.69, 9.17) is 5.26 Å². The first kappa shape index (κ1) is 14.9. The van der Waals surface area contributed by atoms with E-state index in [1.165, 1.54) is 11.1 Å². The van der Waals surface area contributed by atoms with Crippen molar-refractivity contribution in [1.82, 2.24) is 19.7 Å². The first-order valence-corrected chi connectivity index (χ1v) is 6.99. The van der Waals surface area contributed by atoms with Gasteiger partial charge in [-0.1, -0.05) is 0 Å². The average molecular weight is 313 g/mol. The van der Waals surface area contributed by atoms with Crippen LogP contribution in [-0.2, 0) is 11.8 Å². The van der Waals surface area contributed by atoms with Crippen molar-refractivity contribution in [2.24, 2.45) is 7.05 Å². The molecule has 2 aromatic heterocycles. The predicted octanol–water partition coefficient (Wildman–Crippen LogP) is 0.334. The fourth-order valence-corrected chi connectivity index (χ4v) is 2.59. The maximum atomic E-state index is 12.3. The highest BCUT2D eigenvalue weighted by Gasteiger charge is 2.50. The monoisotopic (exact) mass is 313 g/mol. The third-order valence-electron chi connectivity index (χ3n) is 3.64. The van der Waals surface area contributed by atoms with Crippen molar-refractivity contribution in [3.05, 3.63) is 24.7 Å². The largest absolute Gasteiger partial charge is 0.368 e. The van der Waals surface area contributed by atoms with E-state index < -0.39 is 11.5 Å². The Labute approximate surface area is 132 Å². The minimum atomic E-state index is -2.00. The fraction of sp³-hybridized carbons (Fsp3) is 0.357. The van der Waals surface area contributed by atoms with E-state index in [1.54, 1.807) is 43.2 Å². The van der Waals surface area contributed by atoms with Crippen LogP contribution in [-0.4, -0.2) is 42.4 Å². The van der Waals surface area contributed by atoms with E-state index >= 15 is 0 Å². The van der Waals surface area contributed by atoms with Gasteiger partial charge in [-0.2, -0.15) is 15.3 Å². The van der Waals surface area contributed by atoms with Gasteiger partial charge in [0.2, 0.25) is 11.5 Å². The van der Waals surface area contributed by atoms with Gasteiger partial charge in [0.1, 0.15) is 11.9 Å². The molecule has 0 radical (unpaired) electrons. The summed E-state index contributed by atoms with van der Waals surface area (Å²) in [5.41, 5.74) is -1.29. The molecule has 9 heteroatoms. The number of amides is 1. The van der Waals surface area contributed by atoms with Gasteiger partial charge in [0.25, 0.3) is 5.91 Å². The summed E-state index contributed by atoms with van der Waals surface area (Å²) < 4.78 is 1.63. The molecule has 9 nitrogen and oxygen atoms in total. The van der Waals surface area contributed by atoms with Gasteiger partial charge in [0.05, 0.1) is 11.9 Å². The Morgan fingerprint density at radius 3 is 2.96 bits per heavy atom. The molecule has 0 aromatic carbocycles. The van der Waals surface area contributed by atoms with Crippen molar-refractivity contribution in [2.75, 3.05) is 10.2 Å². The quantitative estimate of drug-likeness (QED) is 0.783. The van der Waals surface area contributed by atoms with Crippen molar-refractivity contribution >= 4 is 23.4 Å². The van der Waals surface area contributed by atoms with Crippen LogP contribution >= 0.6 is 0 Å². The molecule has 0 saturated carbocycles. The number of hydrogen-bond donors (Lipinski definition) is 2. The maximum Gasteiger partial charge on any atom is 0.275 e. The second-order valence-electron chi connectivity index (χ2n) is 5.47. The number of aromatic nitrogens is 4. The molecule has 0 aliphatic carbocycles. The molecule has 2 N–H and O–H groups in total. The Balaban J connectivity index is 1.88. The molecule has 1 saturated heterocycles. The van der Waals surface area contributed by atoms with Gasteiger partial charge in [-0.25, -0.2) is 4.98 Å². The van der Waals surface area contributed by atoms with E-state index in [9.17, 15) is 9.90 Å². The van der Waals surface area contributed by atoms with Crippen LogP contribution < -0.4 is 10.2 Å². The zero-order chi connectivity index (χ0) is 16.6. The first-order valence-electron chi connectivity index (χ1n) is 6.99. The summed E-state index contributed by atoms with van der Waals surface area (Å²) in [4.78, 5) is 22.0. The molecule has 23 heavy (non-hydrogen) atoms. The van der Waals surface area contributed by atoms with Crippen molar-refractivity contribution in [3.8, 4) is 6.07 Å². The van der Waals surface area contributed by atoms with Crippen molar-refractivity contribution in [2.45, 2.75) is 25.0 Å². The number of aliphatic hydroxyl groups is 1.